The van der Waals surface area contributed by atoms with Gasteiger partial charge in [-0.15, -0.1) is 24.0 Å². The van der Waals surface area contributed by atoms with Crippen LogP contribution >= 0.6 is 35.3 Å². The lowest BCUT2D eigenvalue weighted by Gasteiger charge is -2.19. The first-order chi connectivity index (χ1) is 12.8. The van der Waals surface area contributed by atoms with Crippen LogP contribution in [0, 0.1) is 0 Å². The van der Waals surface area contributed by atoms with Crippen LogP contribution in [0.2, 0.25) is 0 Å². The van der Waals surface area contributed by atoms with E-state index in [0.717, 1.165) is 25.5 Å². The number of hydrogen-bond acceptors (Lipinski definition) is 3. The number of nitrogens with one attached hydrogen (secondary N) is 2. The van der Waals surface area contributed by atoms with Gasteiger partial charge in [0.2, 0.25) is 5.91 Å². The van der Waals surface area contributed by atoms with Crippen LogP contribution in [0.15, 0.2) is 46.1 Å². The maximum Gasteiger partial charge on any atom is 0.222 e. The van der Waals surface area contributed by atoms with E-state index in [1.165, 1.54) is 16.7 Å². The van der Waals surface area contributed by atoms with E-state index in [2.05, 4.69) is 51.5 Å². The van der Waals surface area contributed by atoms with Crippen molar-refractivity contribution in [3.8, 4) is 0 Å². The molecule has 1 aliphatic heterocycles. The molecule has 1 aromatic carbocycles. The third-order valence-electron chi connectivity index (χ3n) is 4.44. The van der Waals surface area contributed by atoms with Crippen molar-refractivity contribution in [2.75, 3.05) is 13.1 Å². The van der Waals surface area contributed by atoms with Gasteiger partial charge in [0.1, 0.15) is 0 Å². The van der Waals surface area contributed by atoms with Gasteiger partial charge in [-0.2, -0.15) is 11.3 Å². The number of likely N-dealkylation sites (tertiary alicyclic amines) is 1. The fraction of sp³-hybridized carbons (Fsp3) is 0.400. The SMILES string of the molecule is CCNC(=NCc1ccsc1)NCc1ccccc1CN1CCCC1=O.I. The van der Waals surface area contributed by atoms with Crippen molar-refractivity contribution in [2.24, 2.45) is 4.99 Å². The van der Waals surface area contributed by atoms with Crippen molar-refractivity contribution in [1.29, 1.82) is 0 Å². The summed E-state index contributed by atoms with van der Waals surface area (Å²) in [6, 6.07) is 10.4. The second-order valence-corrected chi connectivity index (χ2v) is 7.15. The number of rotatable bonds is 7. The maximum absolute atomic E-state index is 11.9. The normalized spacial score (nSPS) is 14.2. The molecule has 1 aliphatic rings. The summed E-state index contributed by atoms with van der Waals surface area (Å²) in [5.41, 5.74) is 3.62. The standard InChI is InChI=1S/C20H26N4OS.HI/c1-2-21-20(22-12-16-9-11-26-15-16)23-13-17-6-3-4-7-18(17)14-24-10-5-8-19(24)25;/h3-4,6-7,9,11,15H,2,5,8,10,12-14H2,1H3,(H2,21,22,23);1H. The molecule has 146 valence electrons. The lowest BCUT2D eigenvalue weighted by molar-refractivity contribution is -0.128. The number of carbonyl (C=O) groups excluding carboxylic acids is 1. The second kappa shape index (κ2) is 11.3. The van der Waals surface area contributed by atoms with Crippen molar-refractivity contribution in [3.63, 3.8) is 0 Å². The number of guanidine groups is 1. The molecule has 7 heteroatoms. The molecule has 0 unspecified atom stereocenters. The molecule has 27 heavy (non-hydrogen) atoms. The minimum atomic E-state index is 0. The molecular formula is C20H27IN4OS. The lowest BCUT2D eigenvalue weighted by atomic mass is 10.1. The van der Waals surface area contributed by atoms with Crippen LogP contribution < -0.4 is 10.6 Å². The Kier molecular flexibility index (Phi) is 9.06. The first kappa shape index (κ1) is 21.7. The molecule has 2 aromatic rings. The maximum atomic E-state index is 11.9. The lowest BCUT2D eigenvalue weighted by Crippen LogP contribution is -2.37. The van der Waals surface area contributed by atoms with E-state index in [0.29, 0.717) is 26.1 Å². The molecule has 1 saturated heterocycles. The van der Waals surface area contributed by atoms with E-state index in [9.17, 15) is 4.79 Å². The van der Waals surface area contributed by atoms with E-state index in [1.807, 2.05) is 17.0 Å². The fourth-order valence-corrected chi connectivity index (χ4v) is 3.69. The van der Waals surface area contributed by atoms with E-state index < -0.39 is 0 Å². The van der Waals surface area contributed by atoms with Crippen LogP contribution in [0.1, 0.15) is 36.5 Å². The minimum absolute atomic E-state index is 0. The molecule has 0 spiro atoms. The summed E-state index contributed by atoms with van der Waals surface area (Å²) in [6.07, 6.45) is 1.65. The van der Waals surface area contributed by atoms with Gasteiger partial charge in [0.25, 0.3) is 0 Å². The largest absolute Gasteiger partial charge is 0.357 e. The molecule has 5 nitrogen and oxygen atoms in total. The topological polar surface area (TPSA) is 56.7 Å². The van der Waals surface area contributed by atoms with Crippen LogP contribution in [0.3, 0.4) is 0 Å². The van der Waals surface area contributed by atoms with Crippen molar-refractivity contribution in [1.82, 2.24) is 15.5 Å². The number of hydrogen-bond donors (Lipinski definition) is 2. The van der Waals surface area contributed by atoms with Gasteiger partial charge in [-0.3, -0.25) is 4.79 Å². The second-order valence-electron chi connectivity index (χ2n) is 6.37. The average Bonchev–Trinajstić information content (AvgIpc) is 3.31. The monoisotopic (exact) mass is 498 g/mol. The Hall–Kier alpha value is -1.61. The zero-order chi connectivity index (χ0) is 18.2. The minimum Gasteiger partial charge on any atom is -0.357 e. The molecule has 3 rings (SSSR count). The van der Waals surface area contributed by atoms with Crippen LogP contribution in [0.25, 0.3) is 0 Å². The molecule has 0 atom stereocenters. The predicted molar refractivity (Wildman–Crippen MR) is 122 cm³/mol. The van der Waals surface area contributed by atoms with Crippen molar-refractivity contribution < 1.29 is 4.79 Å². The highest BCUT2D eigenvalue weighted by Gasteiger charge is 2.20. The molecule has 1 amide bonds. The summed E-state index contributed by atoms with van der Waals surface area (Å²) in [6.45, 7) is 5.80. The zero-order valence-corrected chi connectivity index (χ0v) is 18.8. The highest BCUT2D eigenvalue weighted by Crippen LogP contribution is 2.17. The highest BCUT2D eigenvalue weighted by atomic mass is 127. The number of amides is 1. The smallest absolute Gasteiger partial charge is 0.222 e. The predicted octanol–water partition coefficient (Wildman–Crippen LogP) is 3.74. The zero-order valence-electron chi connectivity index (χ0n) is 15.6. The van der Waals surface area contributed by atoms with Gasteiger partial charge < -0.3 is 15.5 Å². The number of aliphatic imine (C=N–C) groups is 1. The molecule has 1 aromatic heterocycles. The van der Waals surface area contributed by atoms with E-state index in [4.69, 9.17) is 0 Å². The first-order valence-electron chi connectivity index (χ1n) is 9.14. The van der Waals surface area contributed by atoms with E-state index >= 15 is 0 Å². The van der Waals surface area contributed by atoms with Crippen LogP contribution in [0.5, 0.6) is 0 Å². The highest BCUT2D eigenvalue weighted by molar-refractivity contribution is 14.0. The Morgan fingerprint density at radius 3 is 2.70 bits per heavy atom. The molecular weight excluding hydrogens is 471 g/mol. The molecule has 0 aliphatic carbocycles. The molecule has 1 fully saturated rings. The quantitative estimate of drug-likeness (QED) is 0.348. The van der Waals surface area contributed by atoms with Gasteiger partial charge in [-0.25, -0.2) is 4.99 Å². The molecule has 0 radical (unpaired) electrons. The molecule has 2 N–H and O–H groups in total. The number of thiophene rings is 1. The van der Waals surface area contributed by atoms with Gasteiger partial charge in [0, 0.05) is 32.6 Å². The summed E-state index contributed by atoms with van der Waals surface area (Å²) >= 11 is 1.69. The molecule has 2 heterocycles. The third-order valence-corrected chi connectivity index (χ3v) is 5.17. The van der Waals surface area contributed by atoms with Crippen LogP contribution in [-0.2, 0) is 24.4 Å². The summed E-state index contributed by atoms with van der Waals surface area (Å²) in [5, 5.41) is 10.9. The number of nitrogens with zero attached hydrogens (tertiary/aromatic N) is 2. The Bertz CT molecular complexity index is 748. The van der Waals surface area contributed by atoms with Crippen molar-refractivity contribution in [3.05, 3.63) is 57.8 Å². The van der Waals surface area contributed by atoms with E-state index in [1.54, 1.807) is 11.3 Å². The van der Waals surface area contributed by atoms with Crippen molar-refractivity contribution >= 4 is 47.2 Å². The van der Waals surface area contributed by atoms with Crippen LogP contribution in [0.4, 0.5) is 0 Å². The molecule has 0 bridgehead atoms. The average molecular weight is 498 g/mol. The van der Waals surface area contributed by atoms with Gasteiger partial charge >= 0.3 is 0 Å². The Morgan fingerprint density at radius 2 is 2.04 bits per heavy atom. The summed E-state index contributed by atoms with van der Waals surface area (Å²) in [4.78, 5) is 18.5. The number of halogens is 1. The Labute approximate surface area is 182 Å². The Balaban J connectivity index is 0.00000261. The number of benzene rings is 1. The molecule has 0 saturated carbocycles. The summed E-state index contributed by atoms with van der Waals surface area (Å²) in [7, 11) is 0. The van der Waals surface area contributed by atoms with Gasteiger partial charge in [-0.1, -0.05) is 24.3 Å². The van der Waals surface area contributed by atoms with Gasteiger partial charge in [0.15, 0.2) is 5.96 Å². The van der Waals surface area contributed by atoms with Crippen LogP contribution in [-0.4, -0.2) is 29.9 Å². The fourth-order valence-electron chi connectivity index (χ4n) is 3.03. The van der Waals surface area contributed by atoms with Crippen molar-refractivity contribution in [2.45, 2.75) is 39.4 Å². The first-order valence-corrected chi connectivity index (χ1v) is 10.1. The third kappa shape index (κ3) is 6.49. The van der Waals surface area contributed by atoms with E-state index in [-0.39, 0.29) is 29.9 Å². The summed E-state index contributed by atoms with van der Waals surface area (Å²) in [5.74, 6) is 1.07. The number of carbonyl (C=O) groups is 1. The summed E-state index contributed by atoms with van der Waals surface area (Å²) < 4.78 is 0. The van der Waals surface area contributed by atoms with Gasteiger partial charge in [0.05, 0.1) is 6.54 Å². The Morgan fingerprint density at radius 1 is 1.22 bits per heavy atom. The van der Waals surface area contributed by atoms with Gasteiger partial charge in [-0.05, 0) is 46.9 Å².